The van der Waals surface area contributed by atoms with E-state index in [2.05, 4.69) is 20.9 Å². The smallest absolute Gasteiger partial charge is 0.397 e. The molecule has 0 saturated carbocycles. The van der Waals surface area contributed by atoms with Gasteiger partial charge in [0, 0.05) is 24.9 Å². The number of halogens is 4. The molecular formula is C31H33F4N5O3. The molecule has 4 rings (SSSR count). The molecule has 3 aromatic rings. The van der Waals surface area contributed by atoms with E-state index < -0.39 is 29.5 Å². The van der Waals surface area contributed by atoms with E-state index in [0.717, 1.165) is 32.1 Å². The predicted octanol–water partition coefficient (Wildman–Crippen LogP) is 5.07. The van der Waals surface area contributed by atoms with Crippen LogP contribution in [-0.4, -0.2) is 56.1 Å². The molecular weight excluding hydrogens is 566 g/mol. The minimum absolute atomic E-state index is 0.0970. The number of carbonyl (C=O) groups excluding carboxylic acids is 2. The average molecular weight is 600 g/mol. The number of hydrogen-bond acceptors (Lipinski definition) is 6. The fraction of sp³-hybridized carbons (Fsp3) is 0.290. The minimum Gasteiger partial charge on any atom is -0.397 e. The van der Waals surface area contributed by atoms with Crippen LogP contribution in [-0.2, 0) is 20.5 Å². The quantitative estimate of drug-likeness (QED) is 0.106. The zero-order valence-corrected chi connectivity index (χ0v) is 23.3. The number of nitrogen functional groups attached to an aromatic ring is 1. The number of hydrogen-bond donors (Lipinski definition) is 4. The van der Waals surface area contributed by atoms with Crippen LogP contribution in [0.25, 0.3) is 6.08 Å². The van der Waals surface area contributed by atoms with Crippen LogP contribution in [0.15, 0.2) is 72.8 Å². The lowest BCUT2D eigenvalue weighted by atomic mass is 10.0. The fourth-order valence-electron chi connectivity index (χ4n) is 4.53. The molecule has 1 fully saturated rings. The predicted molar refractivity (Wildman–Crippen MR) is 158 cm³/mol. The maximum absolute atomic E-state index is 14.1. The van der Waals surface area contributed by atoms with Gasteiger partial charge in [-0.05, 0) is 67.0 Å². The number of carbonyl (C=O) groups is 2. The number of nitrogens with two attached hydrogens (primary N) is 1. The molecule has 1 atom stereocenters. The van der Waals surface area contributed by atoms with Crippen molar-refractivity contribution in [1.29, 1.82) is 0 Å². The van der Waals surface area contributed by atoms with E-state index in [-0.39, 0.29) is 11.6 Å². The zero-order valence-electron chi connectivity index (χ0n) is 23.3. The number of nitrogens with one attached hydrogen (secondary N) is 3. The van der Waals surface area contributed by atoms with E-state index in [1.165, 1.54) is 6.08 Å². The number of amides is 2. The summed E-state index contributed by atoms with van der Waals surface area (Å²) >= 11 is 0. The standard InChI is InChI=1S/C31H33F4N5O3/c32-25-20-23(11-12-24(25)31(33,34)35)38-30(42)29(37-14-3-15-40-16-18-43-19-17-40)22-9-6-21(7-10-22)8-13-28(41)39-27-5-2-1-4-26(27)36/h1-2,4-13,20,29,37H,3,14-19,36H2,(H,38,42)(H,39,41). The summed E-state index contributed by atoms with van der Waals surface area (Å²) in [5.41, 5.74) is 6.56. The normalized spacial score (nSPS) is 14.9. The Hall–Kier alpha value is -4.26. The van der Waals surface area contributed by atoms with Crippen LogP contribution in [0.3, 0.4) is 0 Å². The van der Waals surface area contributed by atoms with Crippen LogP contribution in [0.2, 0.25) is 0 Å². The van der Waals surface area contributed by atoms with Gasteiger partial charge in [0.1, 0.15) is 11.9 Å². The Balaban J connectivity index is 1.43. The fourth-order valence-corrected chi connectivity index (χ4v) is 4.53. The summed E-state index contributed by atoms with van der Waals surface area (Å²) in [6.45, 7) is 4.27. The Kier molecular flexibility index (Phi) is 10.9. The Labute approximate surface area is 246 Å². The lowest BCUT2D eigenvalue weighted by molar-refractivity contribution is -0.140. The first-order valence-electron chi connectivity index (χ1n) is 13.7. The molecule has 0 bridgehead atoms. The van der Waals surface area contributed by atoms with E-state index in [0.29, 0.717) is 54.4 Å². The van der Waals surface area contributed by atoms with E-state index in [4.69, 9.17) is 10.5 Å². The third-order valence-electron chi connectivity index (χ3n) is 6.82. The van der Waals surface area contributed by atoms with E-state index in [1.54, 1.807) is 54.6 Å². The van der Waals surface area contributed by atoms with Gasteiger partial charge in [-0.2, -0.15) is 13.2 Å². The van der Waals surface area contributed by atoms with Crippen molar-refractivity contribution in [3.05, 3.63) is 95.3 Å². The van der Waals surface area contributed by atoms with Crippen molar-refractivity contribution in [3.8, 4) is 0 Å². The highest BCUT2D eigenvalue weighted by Gasteiger charge is 2.34. The SMILES string of the molecule is Nc1ccccc1NC(=O)C=Cc1ccc(C(NCCCN2CCOCC2)C(=O)Nc2ccc(C(F)(F)F)c(F)c2)cc1. The second kappa shape index (κ2) is 14.8. The van der Waals surface area contributed by atoms with Crippen LogP contribution in [0.1, 0.15) is 29.2 Å². The summed E-state index contributed by atoms with van der Waals surface area (Å²) in [5, 5.41) is 8.43. The summed E-state index contributed by atoms with van der Waals surface area (Å²) in [6.07, 6.45) is -1.15. The molecule has 0 radical (unpaired) electrons. The third kappa shape index (κ3) is 9.37. The molecule has 5 N–H and O–H groups in total. The van der Waals surface area contributed by atoms with Gasteiger partial charge in [0.15, 0.2) is 0 Å². The first-order valence-corrected chi connectivity index (χ1v) is 13.7. The van der Waals surface area contributed by atoms with E-state index >= 15 is 0 Å². The monoisotopic (exact) mass is 599 g/mol. The molecule has 8 nitrogen and oxygen atoms in total. The summed E-state index contributed by atoms with van der Waals surface area (Å²) < 4.78 is 58.4. The van der Waals surface area contributed by atoms with Gasteiger partial charge in [0.05, 0.1) is 30.2 Å². The summed E-state index contributed by atoms with van der Waals surface area (Å²) in [4.78, 5) is 27.9. The summed E-state index contributed by atoms with van der Waals surface area (Å²) in [5.74, 6) is -2.41. The molecule has 0 aromatic heterocycles. The molecule has 1 heterocycles. The number of nitrogens with zero attached hydrogens (tertiary/aromatic N) is 1. The second-order valence-electron chi connectivity index (χ2n) is 9.95. The largest absolute Gasteiger partial charge is 0.419 e. The zero-order chi connectivity index (χ0) is 30.8. The second-order valence-corrected chi connectivity index (χ2v) is 9.95. The molecule has 12 heteroatoms. The molecule has 1 aliphatic heterocycles. The van der Waals surface area contributed by atoms with Crippen molar-refractivity contribution < 1.29 is 31.9 Å². The van der Waals surface area contributed by atoms with Gasteiger partial charge in [0.2, 0.25) is 11.8 Å². The Morgan fingerprint density at radius 1 is 1.00 bits per heavy atom. The van der Waals surface area contributed by atoms with E-state index in [1.807, 2.05) is 0 Å². The van der Waals surface area contributed by atoms with Gasteiger partial charge >= 0.3 is 6.18 Å². The van der Waals surface area contributed by atoms with Crippen LogP contribution < -0.4 is 21.7 Å². The lowest BCUT2D eigenvalue weighted by Gasteiger charge is -2.27. The van der Waals surface area contributed by atoms with Crippen molar-refractivity contribution in [2.24, 2.45) is 0 Å². The molecule has 1 unspecified atom stereocenters. The first-order chi connectivity index (χ1) is 20.6. The van der Waals surface area contributed by atoms with Gasteiger partial charge < -0.3 is 26.4 Å². The number of morpholine rings is 1. The van der Waals surface area contributed by atoms with Gasteiger partial charge in [-0.1, -0.05) is 36.4 Å². The van der Waals surface area contributed by atoms with Crippen molar-refractivity contribution >= 4 is 35.0 Å². The van der Waals surface area contributed by atoms with Crippen LogP contribution in [0, 0.1) is 5.82 Å². The number of anilines is 3. The Morgan fingerprint density at radius 2 is 1.72 bits per heavy atom. The number of benzene rings is 3. The maximum Gasteiger partial charge on any atom is 0.419 e. The molecule has 1 saturated heterocycles. The van der Waals surface area contributed by atoms with Crippen molar-refractivity contribution in [2.45, 2.75) is 18.6 Å². The van der Waals surface area contributed by atoms with E-state index in [9.17, 15) is 27.2 Å². The number of rotatable bonds is 11. The molecule has 228 valence electrons. The topological polar surface area (TPSA) is 109 Å². The highest BCUT2D eigenvalue weighted by atomic mass is 19.4. The number of para-hydroxylation sites is 2. The molecule has 2 amide bonds. The molecule has 0 spiro atoms. The number of alkyl halides is 3. The maximum atomic E-state index is 14.1. The molecule has 1 aliphatic rings. The summed E-state index contributed by atoms with van der Waals surface area (Å²) in [6, 6.07) is 15.1. The highest BCUT2D eigenvalue weighted by Crippen LogP contribution is 2.32. The average Bonchev–Trinajstić information content (AvgIpc) is 2.97. The summed E-state index contributed by atoms with van der Waals surface area (Å²) in [7, 11) is 0. The first kappa shape index (κ1) is 31.7. The van der Waals surface area contributed by atoms with Crippen molar-refractivity contribution in [3.63, 3.8) is 0 Å². The number of ether oxygens (including phenoxy) is 1. The van der Waals surface area contributed by atoms with Crippen LogP contribution >= 0.6 is 0 Å². The highest BCUT2D eigenvalue weighted by molar-refractivity contribution is 6.03. The molecule has 43 heavy (non-hydrogen) atoms. The van der Waals surface area contributed by atoms with Crippen molar-refractivity contribution in [1.82, 2.24) is 10.2 Å². The molecule has 3 aromatic carbocycles. The lowest BCUT2D eigenvalue weighted by Crippen LogP contribution is -2.39. The van der Waals surface area contributed by atoms with Gasteiger partial charge in [-0.3, -0.25) is 14.5 Å². The van der Waals surface area contributed by atoms with Crippen molar-refractivity contribution in [2.75, 3.05) is 55.8 Å². The van der Waals surface area contributed by atoms with Gasteiger partial charge in [-0.25, -0.2) is 4.39 Å². The Bertz CT molecular complexity index is 1420. The van der Waals surface area contributed by atoms with Crippen LogP contribution in [0.4, 0.5) is 34.6 Å². The molecule has 0 aliphatic carbocycles. The Morgan fingerprint density at radius 3 is 2.40 bits per heavy atom. The third-order valence-corrected chi connectivity index (χ3v) is 6.82. The van der Waals surface area contributed by atoms with Crippen LogP contribution in [0.5, 0.6) is 0 Å². The van der Waals surface area contributed by atoms with Gasteiger partial charge in [-0.15, -0.1) is 0 Å². The minimum atomic E-state index is -4.84. The van der Waals surface area contributed by atoms with Gasteiger partial charge in [0.25, 0.3) is 0 Å².